The quantitative estimate of drug-likeness (QED) is 0.566. The summed E-state index contributed by atoms with van der Waals surface area (Å²) in [7, 11) is 1.74. The van der Waals surface area contributed by atoms with Gasteiger partial charge in [0.25, 0.3) is 0 Å². The van der Waals surface area contributed by atoms with E-state index in [1.165, 1.54) is 4.90 Å². The monoisotopic (exact) mass is 530 g/mol. The minimum Gasteiger partial charge on any atom is -0.335 e. The topological polar surface area (TPSA) is 81.6 Å². The fourth-order valence-corrected chi connectivity index (χ4v) is 7.12. The van der Waals surface area contributed by atoms with E-state index in [-0.39, 0.29) is 66.6 Å². The molecule has 3 N–H and O–H groups in total. The molecule has 1 aromatic heterocycles. The molecular weight excluding hydrogens is 497 g/mol. The molecule has 4 heterocycles. The van der Waals surface area contributed by atoms with Crippen molar-refractivity contribution >= 4 is 6.03 Å². The van der Waals surface area contributed by atoms with Crippen molar-refractivity contribution in [3.63, 3.8) is 0 Å². The van der Waals surface area contributed by atoms with Gasteiger partial charge in [0.15, 0.2) is 0 Å². The van der Waals surface area contributed by atoms with E-state index < -0.39 is 12.7 Å². The van der Waals surface area contributed by atoms with Crippen LogP contribution >= 0.6 is 0 Å². The van der Waals surface area contributed by atoms with Gasteiger partial charge >= 0.3 is 12.2 Å². The van der Waals surface area contributed by atoms with Crippen molar-refractivity contribution in [3.05, 3.63) is 70.1 Å². The van der Waals surface area contributed by atoms with E-state index in [4.69, 9.17) is 0 Å². The summed E-state index contributed by atoms with van der Waals surface area (Å²) in [6.45, 7) is 0.00336. The first-order valence-electron chi connectivity index (χ1n) is 13.2. The van der Waals surface area contributed by atoms with Crippen LogP contribution in [0.1, 0.15) is 35.9 Å². The minimum absolute atomic E-state index is 0.0102. The zero-order valence-corrected chi connectivity index (χ0v) is 21.2. The summed E-state index contributed by atoms with van der Waals surface area (Å²) in [5, 5.41) is 3.20. The van der Waals surface area contributed by atoms with Crippen LogP contribution in [0.2, 0.25) is 0 Å². The number of urea groups is 1. The van der Waals surface area contributed by atoms with Crippen molar-refractivity contribution in [1.29, 1.82) is 0 Å². The highest BCUT2D eigenvalue weighted by Crippen LogP contribution is 2.43. The second-order valence-electron chi connectivity index (χ2n) is 11.3. The fourth-order valence-electron chi connectivity index (χ4n) is 7.12. The van der Waals surface area contributed by atoms with Crippen LogP contribution in [0.3, 0.4) is 0 Å². The number of pyridine rings is 1. The molecule has 38 heavy (non-hydrogen) atoms. The summed E-state index contributed by atoms with van der Waals surface area (Å²) in [5.41, 5.74) is 8.73. The van der Waals surface area contributed by atoms with E-state index in [0.717, 1.165) is 24.0 Å². The maximum absolute atomic E-state index is 13.4. The largest absolute Gasteiger partial charge is 0.401 e. The number of likely N-dealkylation sites (tertiary alicyclic amines) is 1. The third kappa shape index (κ3) is 4.83. The highest BCUT2D eigenvalue weighted by Gasteiger charge is 2.51. The van der Waals surface area contributed by atoms with Crippen molar-refractivity contribution in [1.82, 2.24) is 30.5 Å². The Morgan fingerprint density at radius 3 is 2.45 bits per heavy atom. The SMILES string of the molecule is Cn1cc(C2NNC3CC4NC(=O)N([C@@H]5CN(CC(F)(F)F)C[C@H]5c5ccccc5)CC4CC32)ccc1=O. The van der Waals surface area contributed by atoms with Crippen molar-refractivity contribution in [3.8, 4) is 0 Å². The van der Waals surface area contributed by atoms with Gasteiger partial charge in [0.05, 0.1) is 18.6 Å². The van der Waals surface area contributed by atoms with Crippen LogP contribution < -0.4 is 21.7 Å². The number of nitrogens with zero attached hydrogens (tertiary/aromatic N) is 3. The Bertz CT molecular complexity index is 1240. The Morgan fingerprint density at radius 2 is 1.71 bits per heavy atom. The molecule has 1 aromatic carbocycles. The molecule has 7 atom stereocenters. The lowest BCUT2D eigenvalue weighted by Gasteiger charge is -2.48. The molecule has 6 rings (SSSR count). The van der Waals surface area contributed by atoms with E-state index in [0.29, 0.717) is 6.54 Å². The number of hydrazine groups is 1. The molecule has 4 aliphatic rings. The molecule has 2 amide bonds. The first-order valence-corrected chi connectivity index (χ1v) is 13.2. The number of carbonyl (C=O) groups is 1. The van der Waals surface area contributed by atoms with E-state index in [1.807, 2.05) is 42.6 Å². The molecule has 4 fully saturated rings. The minimum atomic E-state index is -4.29. The Labute approximate surface area is 219 Å². The van der Waals surface area contributed by atoms with E-state index in [1.54, 1.807) is 22.6 Å². The average molecular weight is 531 g/mol. The maximum atomic E-state index is 13.4. The summed E-state index contributed by atoms with van der Waals surface area (Å²) >= 11 is 0. The van der Waals surface area contributed by atoms with Crippen LogP contribution in [0.5, 0.6) is 0 Å². The molecule has 8 nitrogen and oxygen atoms in total. The molecule has 1 aliphatic carbocycles. The van der Waals surface area contributed by atoms with Crippen LogP contribution in [0.15, 0.2) is 53.5 Å². The second kappa shape index (κ2) is 9.69. The lowest BCUT2D eigenvalue weighted by molar-refractivity contribution is -0.143. The van der Waals surface area contributed by atoms with Gasteiger partial charge in [0, 0.05) is 56.9 Å². The average Bonchev–Trinajstić information content (AvgIpc) is 3.47. The molecule has 11 heteroatoms. The number of halogens is 3. The molecule has 1 saturated carbocycles. The summed E-state index contributed by atoms with van der Waals surface area (Å²) in [5.74, 6) is 0.255. The van der Waals surface area contributed by atoms with E-state index in [2.05, 4.69) is 16.2 Å². The molecule has 0 bridgehead atoms. The van der Waals surface area contributed by atoms with Crippen LogP contribution in [0.25, 0.3) is 0 Å². The normalized spacial score (nSPS) is 33.6. The Balaban J connectivity index is 1.22. The molecule has 0 spiro atoms. The number of alkyl halides is 3. The van der Waals surface area contributed by atoms with Gasteiger partial charge in [-0.2, -0.15) is 13.2 Å². The highest BCUT2D eigenvalue weighted by atomic mass is 19.4. The Hall–Kier alpha value is -2.89. The summed E-state index contributed by atoms with van der Waals surface area (Å²) < 4.78 is 41.4. The van der Waals surface area contributed by atoms with Gasteiger partial charge in [-0.15, -0.1) is 0 Å². The summed E-state index contributed by atoms with van der Waals surface area (Å²) in [4.78, 5) is 28.5. The molecule has 5 unspecified atom stereocenters. The van der Waals surface area contributed by atoms with Crippen molar-refractivity contribution in [2.75, 3.05) is 26.2 Å². The predicted molar refractivity (Wildman–Crippen MR) is 135 cm³/mol. The number of amides is 2. The standard InChI is InChI=1S/C27H33F3N6O2/c1-34-11-17(7-8-24(34)37)25-19-9-18-12-36(26(38)31-21(18)10-22(19)32-33-25)23-14-35(15-27(28,29)30)13-20(23)16-5-3-2-4-6-16/h2-8,11,18-23,25,32-33H,9-10,12-15H2,1H3,(H,31,38)/t18?,19?,20-,21?,22?,23+,25?/m0/s1. The van der Waals surface area contributed by atoms with Gasteiger partial charge in [-0.25, -0.2) is 10.2 Å². The molecule has 3 aliphatic heterocycles. The number of benzene rings is 1. The second-order valence-corrected chi connectivity index (χ2v) is 11.3. The predicted octanol–water partition coefficient (Wildman–Crippen LogP) is 2.35. The van der Waals surface area contributed by atoms with Gasteiger partial charge in [-0.1, -0.05) is 36.4 Å². The number of aromatic nitrogens is 1. The van der Waals surface area contributed by atoms with Crippen LogP contribution in [0.4, 0.5) is 18.0 Å². The van der Waals surface area contributed by atoms with E-state index >= 15 is 0 Å². The number of hydrogen-bond donors (Lipinski definition) is 3. The highest BCUT2D eigenvalue weighted by molar-refractivity contribution is 5.76. The van der Waals surface area contributed by atoms with Crippen molar-refractivity contribution in [2.45, 2.75) is 49.1 Å². The van der Waals surface area contributed by atoms with E-state index in [9.17, 15) is 22.8 Å². The number of carbonyl (C=O) groups excluding carboxylic acids is 1. The lowest BCUT2D eigenvalue weighted by Crippen LogP contribution is -2.63. The molecular formula is C27H33F3N6O2. The maximum Gasteiger partial charge on any atom is 0.401 e. The molecule has 3 saturated heterocycles. The Kier molecular flexibility index (Phi) is 6.48. The van der Waals surface area contributed by atoms with Crippen molar-refractivity contribution < 1.29 is 18.0 Å². The van der Waals surface area contributed by atoms with Gasteiger partial charge < -0.3 is 14.8 Å². The molecule has 2 aromatic rings. The third-order valence-electron chi connectivity index (χ3n) is 8.89. The zero-order valence-electron chi connectivity index (χ0n) is 21.2. The van der Waals surface area contributed by atoms with Crippen LogP contribution in [0, 0.1) is 11.8 Å². The smallest absolute Gasteiger partial charge is 0.335 e. The van der Waals surface area contributed by atoms with Crippen molar-refractivity contribution in [2.24, 2.45) is 18.9 Å². The number of nitrogens with one attached hydrogen (secondary N) is 3. The number of fused-ring (bicyclic) bond motifs is 2. The van der Waals surface area contributed by atoms with Crippen LogP contribution in [-0.4, -0.2) is 70.9 Å². The zero-order chi connectivity index (χ0) is 26.6. The number of aryl methyl sites for hydroxylation is 1. The van der Waals surface area contributed by atoms with Gasteiger partial charge in [-0.05, 0) is 35.8 Å². The Morgan fingerprint density at radius 1 is 0.921 bits per heavy atom. The first-order chi connectivity index (χ1) is 18.2. The molecule has 204 valence electrons. The summed E-state index contributed by atoms with van der Waals surface area (Å²) in [6, 6.07) is 12.7. The lowest BCUT2D eigenvalue weighted by atomic mass is 9.71. The van der Waals surface area contributed by atoms with Gasteiger partial charge in [0.1, 0.15) is 0 Å². The van der Waals surface area contributed by atoms with Gasteiger partial charge in [0.2, 0.25) is 5.56 Å². The van der Waals surface area contributed by atoms with Crippen LogP contribution in [-0.2, 0) is 7.05 Å². The third-order valence-corrected chi connectivity index (χ3v) is 8.89. The summed E-state index contributed by atoms with van der Waals surface area (Å²) in [6.07, 6.45) is -0.794. The molecule has 0 radical (unpaired) electrons. The first kappa shape index (κ1) is 25.4. The fraction of sp³-hybridized carbons (Fsp3) is 0.556. The number of hydrogen-bond acceptors (Lipinski definition) is 5. The number of rotatable bonds is 4. The van der Waals surface area contributed by atoms with Gasteiger partial charge in [-0.3, -0.25) is 15.1 Å².